The lowest BCUT2D eigenvalue weighted by atomic mass is 9.79. The highest BCUT2D eigenvalue weighted by molar-refractivity contribution is 14.0. The van der Waals surface area contributed by atoms with Crippen LogP contribution in [0.3, 0.4) is 0 Å². The number of carbonyl (C=O) groups excluding carboxylic acids is 2. The zero-order valence-corrected chi connectivity index (χ0v) is 19.0. The van der Waals surface area contributed by atoms with Gasteiger partial charge in [-0.3, -0.25) is 15.1 Å². The highest BCUT2D eigenvalue weighted by Crippen LogP contribution is 2.30. The third-order valence-corrected chi connectivity index (χ3v) is 6.27. The summed E-state index contributed by atoms with van der Waals surface area (Å²) in [6, 6.07) is -0.396. The van der Waals surface area contributed by atoms with Crippen LogP contribution in [0.4, 0.5) is 4.79 Å². The summed E-state index contributed by atoms with van der Waals surface area (Å²) in [5.41, 5.74) is 0.220. The molecule has 10 heteroatoms. The van der Waals surface area contributed by atoms with E-state index in [9.17, 15) is 9.59 Å². The molecule has 2 saturated heterocycles. The second kappa shape index (κ2) is 9.18. The van der Waals surface area contributed by atoms with E-state index in [2.05, 4.69) is 43.1 Å². The van der Waals surface area contributed by atoms with Crippen LogP contribution in [0, 0.1) is 5.92 Å². The molecule has 8 nitrogen and oxygen atoms in total. The first-order valence-electron chi connectivity index (χ1n) is 8.98. The summed E-state index contributed by atoms with van der Waals surface area (Å²) < 4.78 is 0. The summed E-state index contributed by atoms with van der Waals surface area (Å²) in [6.07, 6.45) is 2.60. The number of nitrogens with zero attached hydrogens (tertiary/aromatic N) is 3. The van der Waals surface area contributed by atoms with E-state index in [1.807, 2.05) is 6.92 Å². The summed E-state index contributed by atoms with van der Waals surface area (Å²) in [5.74, 6) is 0.743. The molecular formula is C17H27IN6O2S. The van der Waals surface area contributed by atoms with E-state index < -0.39 is 11.6 Å². The van der Waals surface area contributed by atoms with E-state index in [0.717, 1.165) is 49.0 Å². The number of piperidine rings is 1. The first-order valence-corrected chi connectivity index (χ1v) is 9.86. The molecule has 1 aromatic heterocycles. The number of hydrogen-bond acceptors (Lipinski definition) is 5. The van der Waals surface area contributed by atoms with Gasteiger partial charge in [0.25, 0.3) is 5.91 Å². The normalized spacial score (nSPS) is 23.7. The number of likely N-dealkylation sites (tertiary alicyclic amines) is 1. The molecule has 1 atom stereocenters. The topological polar surface area (TPSA) is 98.7 Å². The van der Waals surface area contributed by atoms with Crippen LogP contribution in [0.2, 0.25) is 0 Å². The van der Waals surface area contributed by atoms with E-state index in [-0.39, 0.29) is 35.8 Å². The van der Waals surface area contributed by atoms with Crippen LogP contribution in [-0.4, -0.2) is 53.5 Å². The van der Waals surface area contributed by atoms with Crippen LogP contribution >= 0.6 is 35.3 Å². The van der Waals surface area contributed by atoms with Crippen molar-refractivity contribution in [1.82, 2.24) is 25.8 Å². The molecule has 2 aliphatic heterocycles. The fourth-order valence-electron chi connectivity index (χ4n) is 3.61. The minimum absolute atomic E-state index is 0. The number of thiazole rings is 1. The van der Waals surface area contributed by atoms with Crippen molar-refractivity contribution in [3.63, 3.8) is 0 Å². The van der Waals surface area contributed by atoms with Crippen LogP contribution in [0.25, 0.3) is 0 Å². The second-order valence-corrected chi connectivity index (χ2v) is 7.80. The summed E-state index contributed by atoms with van der Waals surface area (Å²) in [6.45, 7) is 6.15. The molecule has 27 heavy (non-hydrogen) atoms. The molecule has 0 aromatic carbocycles. The smallest absolute Gasteiger partial charge is 0.322 e. The molecule has 3 rings (SSSR count). The number of hydrogen-bond donors (Lipinski definition) is 3. The van der Waals surface area contributed by atoms with Crippen molar-refractivity contribution >= 4 is 53.2 Å². The van der Waals surface area contributed by atoms with E-state index >= 15 is 0 Å². The maximum atomic E-state index is 12.1. The molecule has 150 valence electrons. The summed E-state index contributed by atoms with van der Waals surface area (Å²) in [4.78, 5) is 34.7. The Morgan fingerprint density at radius 1 is 1.44 bits per heavy atom. The number of aryl methyl sites for hydroxylation is 1. The van der Waals surface area contributed by atoms with Crippen molar-refractivity contribution in [3.8, 4) is 0 Å². The largest absolute Gasteiger partial charge is 0.351 e. The molecule has 2 aliphatic rings. The third-order valence-electron chi connectivity index (χ3n) is 5.22. The van der Waals surface area contributed by atoms with Crippen molar-refractivity contribution in [3.05, 3.63) is 16.1 Å². The second-order valence-electron chi connectivity index (χ2n) is 6.86. The first-order chi connectivity index (χ1) is 12.5. The molecule has 0 aliphatic carbocycles. The summed E-state index contributed by atoms with van der Waals surface area (Å²) in [7, 11) is 1.78. The number of nitrogens with one attached hydrogen (secondary N) is 3. The van der Waals surface area contributed by atoms with Gasteiger partial charge in [-0.1, -0.05) is 6.92 Å². The third kappa shape index (κ3) is 4.71. The van der Waals surface area contributed by atoms with E-state index in [4.69, 9.17) is 0 Å². The number of rotatable bonds is 4. The molecule has 0 radical (unpaired) electrons. The Hall–Kier alpha value is -1.43. The number of urea groups is 1. The maximum absolute atomic E-state index is 12.1. The van der Waals surface area contributed by atoms with Gasteiger partial charge in [-0.05, 0) is 32.1 Å². The van der Waals surface area contributed by atoms with Gasteiger partial charge in [-0.15, -0.1) is 35.3 Å². The van der Waals surface area contributed by atoms with Crippen LogP contribution < -0.4 is 16.0 Å². The number of halogens is 1. The molecule has 1 aromatic rings. The lowest BCUT2D eigenvalue weighted by Crippen LogP contribution is -2.55. The van der Waals surface area contributed by atoms with Crippen molar-refractivity contribution in [2.45, 2.75) is 45.2 Å². The Morgan fingerprint density at radius 2 is 2.15 bits per heavy atom. The first kappa shape index (κ1) is 21.9. The van der Waals surface area contributed by atoms with Crippen molar-refractivity contribution in [2.24, 2.45) is 10.9 Å². The number of guanidine groups is 1. The highest BCUT2D eigenvalue weighted by Gasteiger charge is 2.48. The molecule has 1 unspecified atom stereocenters. The molecular weight excluding hydrogens is 479 g/mol. The van der Waals surface area contributed by atoms with Crippen LogP contribution in [0.15, 0.2) is 10.4 Å². The molecule has 3 amide bonds. The summed E-state index contributed by atoms with van der Waals surface area (Å²) >= 11 is 1.68. The zero-order chi connectivity index (χ0) is 18.7. The maximum Gasteiger partial charge on any atom is 0.322 e. The number of imide groups is 1. The molecule has 0 saturated carbocycles. The zero-order valence-electron chi connectivity index (χ0n) is 15.9. The van der Waals surface area contributed by atoms with Crippen LogP contribution in [0.5, 0.6) is 0 Å². The highest BCUT2D eigenvalue weighted by atomic mass is 127. The molecule has 3 N–H and O–H groups in total. The summed E-state index contributed by atoms with van der Waals surface area (Å²) in [5, 5.41) is 11.7. The van der Waals surface area contributed by atoms with Gasteiger partial charge < -0.3 is 15.5 Å². The fourth-order valence-corrected chi connectivity index (χ4v) is 4.35. The van der Waals surface area contributed by atoms with Gasteiger partial charge in [-0.2, -0.15) is 0 Å². The standard InChI is InChI=1S/C17H26N6O2S.HI/c1-4-13-20-12(10-26-13)9-19-15(18-3)23-7-5-11(6-8-23)17(2)14(24)21-16(25)22-17;/h10-11H,4-9H2,1-3H3,(H,18,19)(H2,21,22,24,25);1H. The minimum atomic E-state index is -0.808. The average Bonchev–Trinajstić information content (AvgIpc) is 3.20. The number of aliphatic imine (C=N–C) groups is 1. The van der Waals surface area contributed by atoms with E-state index in [1.165, 1.54) is 0 Å². The fraction of sp³-hybridized carbons (Fsp3) is 0.647. The van der Waals surface area contributed by atoms with Crippen molar-refractivity contribution < 1.29 is 9.59 Å². The van der Waals surface area contributed by atoms with Crippen molar-refractivity contribution in [1.29, 1.82) is 0 Å². The van der Waals surface area contributed by atoms with Gasteiger partial charge in [0.15, 0.2) is 5.96 Å². The Labute approximate surface area is 180 Å². The van der Waals surface area contributed by atoms with Gasteiger partial charge in [0.2, 0.25) is 0 Å². The van der Waals surface area contributed by atoms with Gasteiger partial charge in [0.1, 0.15) is 5.54 Å². The molecule has 3 heterocycles. The Kier molecular flexibility index (Phi) is 7.43. The molecule has 2 fully saturated rings. The van der Waals surface area contributed by atoms with Gasteiger partial charge in [0.05, 0.1) is 17.2 Å². The molecule has 0 spiro atoms. The van der Waals surface area contributed by atoms with E-state index in [0.29, 0.717) is 6.54 Å². The Morgan fingerprint density at radius 3 is 2.67 bits per heavy atom. The quantitative estimate of drug-likeness (QED) is 0.250. The van der Waals surface area contributed by atoms with Crippen LogP contribution in [0.1, 0.15) is 37.4 Å². The Balaban J connectivity index is 0.00000261. The van der Waals surface area contributed by atoms with Gasteiger partial charge in [-0.25, -0.2) is 9.78 Å². The lowest BCUT2D eigenvalue weighted by molar-refractivity contribution is -0.125. The van der Waals surface area contributed by atoms with Crippen molar-refractivity contribution in [2.75, 3.05) is 20.1 Å². The van der Waals surface area contributed by atoms with Gasteiger partial charge in [0, 0.05) is 25.5 Å². The average molecular weight is 506 g/mol. The predicted molar refractivity (Wildman–Crippen MR) is 116 cm³/mol. The number of aromatic nitrogens is 1. The minimum Gasteiger partial charge on any atom is -0.351 e. The number of carbonyl (C=O) groups is 2. The monoisotopic (exact) mass is 506 g/mol. The van der Waals surface area contributed by atoms with Crippen LogP contribution in [-0.2, 0) is 17.8 Å². The SMILES string of the molecule is CCc1nc(CNC(=NC)N2CCC(C3(C)NC(=O)NC3=O)CC2)cs1.I. The molecule has 0 bridgehead atoms. The number of amides is 3. The van der Waals surface area contributed by atoms with E-state index in [1.54, 1.807) is 18.4 Å². The lowest BCUT2D eigenvalue weighted by Gasteiger charge is -2.39. The Bertz CT molecular complexity index is 716. The van der Waals surface area contributed by atoms with Gasteiger partial charge >= 0.3 is 6.03 Å². The predicted octanol–water partition coefficient (Wildman–Crippen LogP) is 1.71.